The van der Waals surface area contributed by atoms with Gasteiger partial charge in [-0.2, -0.15) is 0 Å². The lowest BCUT2D eigenvalue weighted by Crippen LogP contribution is -2.12. The smallest absolute Gasteiger partial charge is 0.227 e. The SMILES string of the molecule is Cc1nc2ccc(NC(=O)C3CC3)cc2s1. The average molecular weight is 232 g/mol. The van der Waals surface area contributed by atoms with Crippen LogP contribution in [0.25, 0.3) is 10.2 Å². The van der Waals surface area contributed by atoms with Crippen LogP contribution >= 0.6 is 11.3 Å². The summed E-state index contributed by atoms with van der Waals surface area (Å²) in [4.78, 5) is 16.0. The fraction of sp³-hybridized carbons (Fsp3) is 0.333. The Hall–Kier alpha value is -1.42. The van der Waals surface area contributed by atoms with E-state index in [1.54, 1.807) is 11.3 Å². The van der Waals surface area contributed by atoms with Gasteiger partial charge in [0.25, 0.3) is 0 Å². The molecule has 0 radical (unpaired) electrons. The summed E-state index contributed by atoms with van der Waals surface area (Å²) in [5.41, 5.74) is 1.89. The lowest BCUT2D eigenvalue weighted by Gasteiger charge is -2.03. The zero-order valence-corrected chi connectivity index (χ0v) is 9.80. The number of hydrogen-bond donors (Lipinski definition) is 1. The summed E-state index contributed by atoms with van der Waals surface area (Å²) in [6, 6.07) is 5.88. The number of fused-ring (bicyclic) bond motifs is 1. The molecule has 0 unspecified atom stereocenters. The number of aromatic nitrogens is 1. The molecule has 0 atom stereocenters. The number of nitrogens with one attached hydrogen (secondary N) is 1. The molecule has 4 heteroatoms. The van der Waals surface area contributed by atoms with Gasteiger partial charge in [0.1, 0.15) is 0 Å². The fourth-order valence-corrected chi connectivity index (χ4v) is 2.57. The minimum Gasteiger partial charge on any atom is -0.326 e. The van der Waals surface area contributed by atoms with E-state index in [0.29, 0.717) is 0 Å². The number of amides is 1. The zero-order chi connectivity index (χ0) is 11.1. The Bertz CT molecular complexity index is 557. The number of hydrogen-bond acceptors (Lipinski definition) is 3. The molecule has 3 rings (SSSR count). The summed E-state index contributed by atoms with van der Waals surface area (Å²) in [5, 5.41) is 4.00. The molecule has 0 spiro atoms. The van der Waals surface area contributed by atoms with E-state index in [9.17, 15) is 4.79 Å². The zero-order valence-electron chi connectivity index (χ0n) is 8.99. The third-order valence-corrected chi connectivity index (χ3v) is 3.64. The van der Waals surface area contributed by atoms with E-state index in [0.717, 1.165) is 33.8 Å². The Balaban J connectivity index is 1.88. The highest BCUT2D eigenvalue weighted by Crippen LogP contribution is 2.31. The Kier molecular flexibility index (Phi) is 2.17. The normalized spacial score (nSPS) is 15.3. The molecule has 1 fully saturated rings. The summed E-state index contributed by atoms with van der Waals surface area (Å²) in [6.07, 6.45) is 2.07. The van der Waals surface area contributed by atoms with E-state index >= 15 is 0 Å². The van der Waals surface area contributed by atoms with E-state index in [2.05, 4.69) is 10.3 Å². The van der Waals surface area contributed by atoms with Gasteiger partial charge in [-0.15, -0.1) is 11.3 Å². The Morgan fingerprint density at radius 2 is 2.31 bits per heavy atom. The van der Waals surface area contributed by atoms with Crippen LogP contribution in [0.4, 0.5) is 5.69 Å². The molecule has 16 heavy (non-hydrogen) atoms. The summed E-state index contributed by atoms with van der Waals surface area (Å²) in [5.74, 6) is 0.402. The lowest BCUT2D eigenvalue weighted by molar-refractivity contribution is -0.117. The number of rotatable bonds is 2. The van der Waals surface area contributed by atoms with Crippen molar-refractivity contribution >= 4 is 33.1 Å². The van der Waals surface area contributed by atoms with Gasteiger partial charge in [-0.25, -0.2) is 4.98 Å². The first-order valence-electron chi connectivity index (χ1n) is 5.40. The average Bonchev–Trinajstić information content (AvgIpc) is 3.01. The van der Waals surface area contributed by atoms with Crippen molar-refractivity contribution < 1.29 is 4.79 Å². The number of nitrogens with zero attached hydrogens (tertiary/aromatic N) is 1. The topological polar surface area (TPSA) is 42.0 Å². The van der Waals surface area contributed by atoms with Gasteiger partial charge >= 0.3 is 0 Å². The molecule has 1 saturated carbocycles. The van der Waals surface area contributed by atoms with Gasteiger partial charge in [0.2, 0.25) is 5.91 Å². The quantitative estimate of drug-likeness (QED) is 0.865. The van der Waals surface area contributed by atoms with Gasteiger partial charge in [-0.3, -0.25) is 4.79 Å². The van der Waals surface area contributed by atoms with Crippen LogP contribution in [-0.4, -0.2) is 10.9 Å². The first-order chi connectivity index (χ1) is 7.72. The Morgan fingerprint density at radius 1 is 1.50 bits per heavy atom. The van der Waals surface area contributed by atoms with Gasteiger partial charge in [-0.1, -0.05) is 0 Å². The van der Waals surface area contributed by atoms with E-state index in [1.807, 2.05) is 25.1 Å². The Labute approximate surface area is 97.5 Å². The van der Waals surface area contributed by atoms with Crippen LogP contribution in [-0.2, 0) is 4.79 Å². The largest absolute Gasteiger partial charge is 0.326 e. The molecule has 0 aliphatic heterocycles. The molecule has 2 aromatic rings. The fourth-order valence-electron chi connectivity index (χ4n) is 1.71. The Morgan fingerprint density at radius 3 is 3.06 bits per heavy atom. The number of benzene rings is 1. The standard InChI is InChI=1S/C12H12N2OS/c1-7-13-10-5-4-9(6-11(10)16-7)14-12(15)8-2-3-8/h4-6,8H,2-3H2,1H3,(H,14,15). The van der Waals surface area contributed by atoms with Crippen LogP contribution < -0.4 is 5.32 Å². The molecule has 1 amide bonds. The van der Waals surface area contributed by atoms with Gasteiger partial charge < -0.3 is 5.32 Å². The molecule has 0 bridgehead atoms. The second-order valence-corrected chi connectivity index (χ2v) is 5.41. The maximum Gasteiger partial charge on any atom is 0.227 e. The minimum absolute atomic E-state index is 0.153. The van der Waals surface area contributed by atoms with E-state index < -0.39 is 0 Å². The second-order valence-electron chi connectivity index (χ2n) is 4.18. The first kappa shape index (κ1) is 9.78. The number of anilines is 1. The highest BCUT2D eigenvalue weighted by Gasteiger charge is 2.29. The van der Waals surface area contributed by atoms with Crippen molar-refractivity contribution in [3.05, 3.63) is 23.2 Å². The molecule has 1 heterocycles. The molecule has 1 N–H and O–H groups in total. The monoisotopic (exact) mass is 232 g/mol. The number of aryl methyl sites for hydroxylation is 1. The second kappa shape index (κ2) is 3.56. The van der Waals surface area contributed by atoms with Crippen molar-refractivity contribution in [1.29, 1.82) is 0 Å². The number of thiazole rings is 1. The van der Waals surface area contributed by atoms with Crippen LogP contribution in [0.5, 0.6) is 0 Å². The molecular formula is C12H12N2OS. The van der Waals surface area contributed by atoms with Crippen molar-refractivity contribution in [3.8, 4) is 0 Å². The summed E-state index contributed by atoms with van der Waals surface area (Å²) in [6.45, 7) is 1.99. The summed E-state index contributed by atoms with van der Waals surface area (Å²) >= 11 is 1.65. The molecule has 1 aromatic carbocycles. The number of carbonyl (C=O) groups is 1. The molecule has 1 aromatic heterocycles. The molecule has 0 saturated heterocycles. The summed E-state index contributed by atoms with van der Waals surface area (Å²) < 4.78 is 1.13. The third-order valence-electron chi connectivity index (χ3n) is 2.71. The van der Waals surface area contributed by atoms with Gasteiger partial charge in [0.05, 0.1) is 15.2 Å². The van der Waals surface area contributed by atoms with Gasteiger partial charge in [-0.05, 0) is 38.0 Å². The molecule has 1 aliphatic carbocycles. The van der Waals surface area contributed by atoms with Crippen LogP contribution in [0.1, 0.15) is 17.8 Å². The van der Waals surface area contributed by atoms with Gasteiger partial charge in [0, 0.05) is 11.6 Å². The van der Waals surface area contributed by atoms with Crippen LogP contribution in [0.15, 0.2) is 18.2 Å². The molecular weight excluding hydrogens is 220 g/mol. The number of carbonyl (C=O) groups excluding carboxylic acids is 1. The lowest BCUT2D eigenvalue weighted by atomic mass is 10.3. The third kappa shape index (κ3) is 1.80. The predicted octanol–water partition coefficient (Wildman–Crippen LogP) is 2.95. The maximum absolute atomic E-state index is 11.6. The van der Waals surface area contributed by atoms with Crippen LogP contribution in [0, 0.1) is 12.8 Å². The maximum atomic E-state index is 11.6. The highest BCUT2D eigenvalue weighted by molar-refractivity contribution is 7.18. The van der Waals surface area contributed by atoms with Crippen LogP contribution in [0.3, 0.4) is 0 Å². The first-order valence-corrected chi connectivity index (χ1v) is 6.22. The van der Waals surface area contributed by atoms with Crippen molar-refractivity contribution in [3.63, 3.8) is 0 Å². The molecule has 3 nitrogen and oxygen atoms in total. The van der Waals surface area contributed by atoms with Gasteiger partial charge in [0.15, 0.2) is 0 Å². The minimum atomic E-state index is 0.153. The van der Waals surface area contributed by atoms with E-state index in [1.165, 1.54) is 0 Å². The van der Waals surface area contributed by atoms with E-state index in [-0.39, 0.29) is 11.8 Å². The van der Waals surface area contributed by atoms with E-state index in [4.69, 9.17) is 0 Å². The highest BCUT2D eigenvalue weighted by atomic mass is 32.1. The summed E-state index contributed by atoms with van der Waals surface area (Å²) in [7, 11) is 0. The van der Waals surface area contributed by atoms with Crippen molar-refractivity contribution in [1.82, 2.24) is 4.98 Å². The van der Waals surface area contributed by atoms with Crippen molar-refractivity contribution in [2.24, 2.45) is 5.92 Å². The van der Waals surface area contributed by atoms with Crippen LogP contribution in [0.2, 0.25) is 0 Å². The predicted molar refractivity (Wildman–Crippen MR) is 65.7 cm³/mol. The molecule has 1 aliphatic rings. The molecule has 82 valence electrons. The van der Waals surface area contributed by atoms with Crippen molar-refractivity contribution in [2.45, 2.75) is 19.8 Å². The van der Waals surface area contributed by atoms with Crippen molar-refractivity contribution in [2.75, 3.05) is 5.32 Å².